The van der Waals surface area contributed by atoms with Gasteiger partial charge in [-0.05, 0) is 56.5 Å². The number of likely N-dealkylation sites (tertiary alicyclic amines) is 1. The highest BCUT2D eigenvalue weighted by atomic mass is 16.5. The number of amides is 1. The normalized spacial score (nSPS) is 15.8. The van der Waals surface area contributed by atoms with Crippen LogP contribution in [0.25, 0.3) is 11.4 Å². The molecule has 3 aromatic rings. The number of nitrogens with one attached hydrogen (secondary N) is 1. The highest BCUT2D eigenvalue weighted by molar-refractivity contribution is 5.77. The number of carbonyl (C=O) groups is 1. The summed E-state index contributed by atoms with van der Waals surface area (Å²) in [6, 6.07) is 13.9. The van der Waals surface area contributed by atoms with Gasteiger partial charge in [-0.25, -0.2) is 9.97 Å². The highest BCUT2D eigenvalue weighted by Gasteiger charge is 2.29. The van der Waals surface area contributed by atoms with E-state index < -0.39 is 0 Å². The van der Waals surface area contributed by atoms with Crippen molar-refractivity contribution in [2.45, 2.75) is 32.4 Å². The van der Waals surface area contributed by atoms with Crippen molar-refractivity contribution >= 4 is 5.91 Å². The Morgan fingerprint density at radius 2 is 1.82 bits per heavy atom. The van der Waals surface area contributed by atoms with Crippen molar-refractivity contribution in [1.29, 1.82) is 0 Å². The first-order valence-electron chi connectivity index (χ1n) is 11.4. The molecule has 1 amide bonds. The van der Waals surface area contributed by atoms with Crippen molar-refractivity contribution in [3.63, 3.8) is 0 Å². The van der Waals surface area contributed by atoms with Gasteiger partial charge in [0, 0.05) is 43.4 Å². The monoisotopic (exact) mass is 445 g/mol. The molecule has 1 fully saturated rings. The molecule has 0 aliphatic carbocycles. The van der Waals surface area contributed by atoms with Gasteiger partial charge in [-0.2, -0.15) is 0 Å². The van der Waals surface area contributed by atoms with Gasteiger partial charge < -0.3 is 10.1 Å². The van der Waals surface area contributed by atoms with Crippen LogP contribution in [0.15, 0.2) is 61.1 Å². The van der Waals surface area contributed by atoms with Crippen molar-refractivity contribution in [3.05, 3.63) is 77.9 Å². The maximum Gasteiger partial charge on any atom is 0.246 e. The molecule has 0 spiro atoms. The molecule has 1 N–H and O–H groups in total. The number of hydrogen-bond donors (Lipinski definition) is 1. The van der Waals surface area contributed by atoms with Crippen molar-refractivity contribution in [3.8, 4) is 11.4 Å². The number of aryl methyl sites for hydroxylation is 1. The largest absolute Gasteiger partial charge is 0.375 e. The molecule has 1 aliphatic rings. The zero-order valence-electron chi connectivity index (χ0n) is 19.3. The molecule has 33 heavy (non-hydrogen) atoms. The topological polar surface area (TPSA) is 80.2 Å². The fraction of sp³-hybridized carbons (Fsp3) is 0.385. The predicted octanol–water partition coefficient (Wildman–Crippen LogP) is 3.56. The van der Waals surface area contributed by atoms with Crippen LogP contribution in [-0.4, -0.2) is 52.6 Å². The van der Waals surface area contributed by atoms with Crippen LogP contribution in [0.3, 0.4) is 0 Å². The van der Waals surface area contributed by atoms with Crippen molar-refractivity contribution in [2.75, 3.05) is 26.8 Å². The molecule has 0 saturated carbocycles. The molecule has 1 atom stereocenters. The number of benzene rings is 1. The number of rotatable bonds is 8. The second kappa shape index (κ2) is 11.1. The fourth-order valence-corrected chi connectivity index (χ4v) is 4.44. The summed E-state index contributed by atoms with van der Waals surface area (Å²) in [5, 5.41) is 3.13. The van der Waals surface area contributed by atoms with Gasteiger partial charge in [-0.1, -0.05) is 30.3 Å². The summed E-state index contributed by atoms with van der Waals surface area (Å²) < 4.78 is 5.00. The summed E-state index contributed by atoms with van der Waals surface area (Å²) in [4.78, 5) is 28.4. The van der Waals surface area contributed by atoms with E-state index in [1.165, 1.54) is 12.7 Å². The van der Waals surface area contributed by atoms with Crippen LogP contribution in [0.4, 0.5) is 0 Å². The molecule has 1 aliphatic heterocycles. The van der Waals surface area contributed by atoms with Crippen molar-refractivity contribution in [1.82, 2.24) is 25.2 Å². The lowest BCUT2D eigenvalue weighted by molar-refractivity contribution is -0.126. The number of nitrogens with zero attached hydrogens (tertiary/aromatic N) is 4. The molecule has 1 saturated heterocycles. The van der Waals surface area contributed by atoms with E-state index in [0.717, 1.165) is 55.1 Å². The maximum atomic E-state index is 12.2. The van der Waals surface area contributed by atoms with E-state index >= 15 is 0 Å². The molecule has 7 nitrogen and oxygen atoms in total. The minimum atomic E-state index is -0.110. The molecule has 0 bridgehead atoms. The number of ether oxygens (including phenoxy) is 1. The van der Waals surface area contributed by atoms with E-state index in [2.05, 4.69) is 44.2 Å². The number of carbonyl (C=O) groups excluding carboxylic acids is 1. The van der Waals surface area contributed by atoms with Gasteiger partial charge in [0.15, 0.2) is 5.82 Å². The zero-order chi connectivity index (χ0) is 23.0. The maximum absolute atomic E-state index is 12.2. The molecule has 4 rings (SSSR count). The van der Waals surface area contributed by atoms with Crippen LogP contribution in [0.2, 0.25) is 0 Å². The van der Waals surface area contributed by atoms with E-state index in [-0.39, 0.29) is 18.6 Å². The van der Waals surface area contributed by atoms with Crippen LogP contribution >= 0.6 is 0 Å². The molecule has 2 aromatic heterocycles. The second-order valence-corrected chi connectivity index (χ2v) is 8.58. The lowest BCUT2D eigenvalue weighted by Gasteiger charge is -2.36. The van der Waals surface area contributed by atoms with E-state index in [4.69, 9.17) is 4.74 Å². The van der Waals surface area contributed by atoms with E-state index in [9.17, 15) is 4.79 Å². The Kier molecular flexibility index (Phi) is 7.75. The van der Waals surface area contributed by atoms with Crippen molar-refractivity contribution in [2.24, 2.45) is 5.92 Å². The molecule has 0 unspecified atom stereocenters. The van der Waals surface area contributed by atoms with Crippen molar-refractivity contribution < 1.29 is 9.53 Å². The summed E-state index contributed by atoms with van der Waals surface area (Å²) in [5.41, 5.74) is 4.26. The third-order valence-corrected chi connectivity index (χ3v) is 6.20. The van der Waals surface area contributed by atoms with Gasteiger partial charge in [-0.3, -0.25) is 14.7 Å². The van der Waals surface area contributed by atoms with Gasteiger partial charge in [0.05, 0.1) is 11.7 Å². The Labute approximate surface area is 195 Å². The third kappa shape index (κ3) is 6.00. The summed E-state index contributed by atoms with van der Waals surface area (Å²) in [6.45, 7) is 4.86. The van der Waals surface area contributed by atoms with Crippen LogP contribution in [-0.2, 0) is 16.1 Å². The van der Waals surface area contributed by atoms with E-state index in [0.29, 0.717) is 5.92 Å². The van der Waals surface area contributed by atoms with E-state index in [1.54, 1.807) is 6.20 Å². The Balaban J connectivity index is 1.36. The average Bonchev–Trinajstić information content (AvgIpc) is 2.85. The predicted molar refractivity (Wildman–Crippen MR) is 127 cm³/mol. The molecule has 7 heteroatoms. The Bertz CT molecular complexity index is 1030. The lowest BCUT2D eigenvalue weighted by Crippen LogP contribution is -2.41. The molecular weight excluding hydrogens is 414 g/mol. The van der Waals surface area contributed by atoms with Crippen LogP contribution in [0, 0.1) is 12.8 Å². The third-order valence-electron chi connectivity index (χ3n) is 6.20. The first-order valence-corrected chi connectivity index (χ1v) is 11.4. The van der Waals surface area contributed by atoms with Gasteiger partial charge in [0.1, 0.15) is 6.61 Å². The van der Waals surface area contributed by atoms with Crippen LogP contribution < -0.4 is 5.32 Å². The Hall–Kier alpha value is -3.16. The molecule has 172 valence electrons. The number of aromatic nitrogens is 3. The van der Waals surface area contributed by atoms with Gasteiger partial charge in [0.2, 0.25) is 5.91 Å². The van der Waals surface area contributed by atoms with E-state index in [1.807, 2.05) is 42.7 Å². The number of piperidine rings is 1. The summed E-state index contributed by atoms with van der Waals surface area (Å²) in [6.07, 6.45) is 7.61. The summed E-state index contributed by atoms with van der Waals surface area (Å²) in [7, 11) is 1.53. The molecular formula is C26H31N5O2. The average molecular weight is 446 g/mol. The molecule has 1 aromatic carbocycles. The van der Waals surface area contributed by atoms with Gasteiger partial charge in [-0.15, -0.1) is 0 Å². The lowest BCUT2D eigenvalue weighted by atomic mass is 9.87. The Morgan fingerprint density at radius 3 is 2.48 bits per heavy atom. The number of pyridine rings is 1. The Morgan fingerprint density at radius 1 is 1.09 bits per heavy atom. The summed E-state index contributed by atoms with van der Waals surface area (Å²) in [5.74, 6) is 0.985. The first-order chi connectivity index (χ1) is 16.1. The minimum absolute atomic E-state index is 0.0562. The second-order valence-electron chi connectivity index (χ2n) is 8.58. The number of methoxy groups -OCH3 is 1. The van der Waals surface area contributed by atoms with Gasteiger partial charge >= 0.3 is 0 Å². The van der Waals surface area contributed by atoms with Crippen LogP contribution in [0.5, 0.6) is 0 Å². The quantitative estimate of drug-likeness (QED) is 0.571. The molecule has 0 radical (unpaired) electrons. The zero-order valence-corrected chi connectivity index (χ0v) is 19.3. The van der Waals surface area contributed by atoms with Crippen LogP contribution in [0.1, 0.15) is 35.7 Å². The van der Waals surface area contributed by atoms with Gasteiger partial charge in [0.25, 0.3) is 0 Å². The fourth-order valence-electron chi connectivity index (χ4n) is 4.44. The smallest absolute Gasteiger partial charge is 0.246 e. The molecule has 3 heterocycles. The SMILES string of the molecule is COCC(=O)N[C@H](c1ccccn1)C1CCN(Cc2cnc(-c3ccccc3C)nc2)CC1. The minimum Gasteiger partial charge on any atom is -0.375 e. The standard InChI is InChI=1S/C26H31N5O2/c1-19-7-3-4-8-22(19)26-28-15-20(16-29-26)17-31-13-10-21(11-14-31)25(30-24(32)18-33-2)23-9-5-6-12-27-23/h3-9,12,15-16,21,25H,10-11,13-14,17-18H2,1-2H3,(H,30,32)/t25-/m0/s1. The first kappa shape index (κ1) is 23.0. The highest BCUT2D eigenvalue weighted by Crippen LogP contribution is 2.30. The number of hydrogen-bond acceptors (Lipinski definition) is 6. The summed E-state index contributed by atoms with van der Waals surface area (Å²) >= 11 is 0.